The first-order chi connectivity index (χ1) is 12.0. The van der Waals surface area contributed by atoms with Crippen molar-refractivity contribution in [1.82, 2.24) is 9.62 Å². The van der Waals surface area contributed by atoms with Crippen molar-refractivity contribution in [2.75, 3.05) is 32.8 Å². The van der Waals surface area contributed by atoms with E-state index in [9.17, 15) is 8.42 Å². The van der Waals surface area contributed by atoms with Crippen molar-refractivity contribution < 1.29 is 17.9 Å². The highest BCUT2D eigenvalue weighted by atomic mass is 35.5. The van der Waals surface area contributed by atoms with E-state index >= 15 is 0 Å². The molecular weight excluding hydrogens is 399 g/mol. The Morgan fingerprint density at radius 2 is 1.69 bits per heavy atom. The molecule has 0 atom stereocenters. The van der Waals surface area contributed by atoms with Crippen LogP contribution in [0.2, 0.25) is 5.02 Å². The summed E-state index contributed by atoms with van der Waals surface area (Å²) in [6.07, 6.45) is 4.30. The molecule has 146 valence electrons. The first kappa shape index (κ1) is 20.0. The molecule has 1 N–H and O–H groups in total. The Kier molecular flexibility index (Phi) is 6.24. The van der Waals surface area contributed by atoms with Gasteiger partial charge in [0.1, 0.15) is 18.1 Å². The highest BCUT2D eigenvalue weighted by Crippen LogP contribution is 2.38. The number of nitrogens with zero attached hydrogens (tertiary/aromatic N) is 1. The number of fused-ring (bicyclic) bond motifs is 1. The maximum Gasteiger partial charge on any atom is 0.244 e. The largest absolute Gasteiger partial charge is 0.486 e. The lowest BCUT2D eigenvalue weighted by Crippen LogP contribution is -2.45. The van der Waals surface area contributed by atoms with Crippen molar-refractivity contribution in [3.63, 3.8) is 0 Å². The predicted molar refractivity (Wildman–Crippen MR) is 102 cm³/mol. The van der Waals surface area contributed by atoms with Crippen LogP contribution in [0, 0.1) is 5.92 Å². The first-order valence-electron chi connectivity index (χ1n) is 8.87. The number of ether oxygens (including phenoxy) is 2. The van der Waals surface area contributed by atoms with E-state index in [0.717, 1.165) is 25.3 Å². The van der Waals surface area contributed by atoms with Crippen LogP contribution in [0.3, 0.4) is 0 Å². The van der Waals surface area contributed by atoms with Gasteiger partial charge in [-0.25, -0.2) is 8.42 Å². The number of sulfonamides is 1. The lowest BCUT2D eigenvalue weighted by molar-refractivity contribution is 0.171. The number of benzene rings is 1. The highest BCUT2D eigenvalue weighted by Gasteiger charge is 2.33. The normalized spacial score (nSPS) is 21.3. The van der Waals surface area contributed by atoms with Gasteiger partial charge in [0.15, 0.2) is 11.5 Å². The summed E-state index contributed by atoms with van der Waals surface area (Å²) in [5.74, 6) is 1.77. The Bertz CT molecular complexity index is 747. The summed E-state index contributed by atoms with van der Waals surface area (Å²) in [4.78, 5) is 0.0998. The van der Waals surface area contributed by atoms with Crippen LogP contribution in [0.25, 0.3) is 0 Å². The van der Waals surface area contributed by atoms with Crippen molar-refractivity contribution in [1.29, 1.82) is 0 Å². The molecule has 0 aromatic heterocycles. The molecule has 2 aliphatic heterocycles. The fourth-order valence-corrected chi connectivity index (χ4v) is 5.31. The van der Waals surface area contributed by atoms with Gasteiger partial charge in [-0.3, -0.25) is 0 Å². The van der Waals surface area contributed by atoms with E-state index in [2.05, 4.69) is 5.32 Å². The predicted octanol–water partition coefficient (Wildman–Crippen LogP) is 2.69. The zero-order valence-corrected chi connectivity index (χ0v) is 16.8. The van der Waals surface area contributed by atoms with E-state index in [1.165, 1.54) is 29.3 Å². The number of rotatable bonds is 5. The van der Waals surface area contributed by atoms with Gasteiger partial charge in [-0.2, -0.15) is 4.31 Å². The average Bonchev–Trinajstić information content (AvgIpc) is 3.44. The minimum absolute atomic E-state index is 0. The zero-order chi connectivity index (χ0) is 17.4. The topological polar surface area (TPSA) is 67.9 Å². The Morgan fingerprint density at radius 1 is 1.08 bits per heavy atom. The molecule has 26 heavy (non-hydrogen) atoms. The fourth-order valence-electron chi connectivity index (χ4n) is 3.34. The van der Waals surface area contributed by atoms with Gasteiger partial charge in [-0.1, -0.05) is 11.6 Å². The van der Waals surface area contributed by atoms with E-state index < -0.39 is 10.0 Å². The fraction of sp³-hybridized carbons (Fsp3) is 0.647. The van der Waals surface area contributed by atoms with Crippen LogP contribution in [-0.4, -0.2) is 51.6 Å². The van der Waals surface area contributed by atoms with Gasteiger partial charge in [0.05, 0.1) is 5.02 Å². The molecular formula is C17H24Cl2N2O4S. The second-order valence-corrected chi connectivity index (χ2v) is 9.27. The molecule has 0 unspecified atom stereocenters. The van der Waals surface area contributed by atoms with Crippen LogP contribution >= 0.6 is 24.0 Å². The van der Waals surface area contributed by atoms with Crippen molar-refractivity contribution in [3.05, 3.63) is 17.2 Å². The van der Waals surface area contributed by atoms with Gasteiger partial charge in [0, 0.05) is 31.3 Å². The van der Waals surface area contributed by atoms with Crippen LogP contribution in [0.15, 0.2) is 17.0 Å². The molecule has 1 saturated heterocycles. The number of nitrogens with one attached hydrogen (secondary N) is 1. The highest BCUT2D eigenvalue weighted by molar-refractivity contribution is 7.89. The molecule has 9 heteroatoms. The Balaban J connectivity index is 0.00000196. The van der Waals surface area contributed by atoms with E-state index in [-0.39, 0.29) is 22.3 Å². The quantitative estimate of drug-likeness (QED) is 0.789. The minimum atomic E-state index is -3.63. The molecule has 4 rings (SSSR count). The Labute approximate surface area is 165 Å². The smallest absolute Gasteiger partial charge is 0.244 e. The molecule has 0 amide bonds. The van der Waals surface area contributed by atoms with Crippen LogP contribution < -0.4 is 14.8 Å². The molecule has 2 heterocycles. The SMILES string of the molecule is Cl.O=S(=O)(c1cc2c(cc1Cl)OCCO2)N1CCC(NCC2CC2)CC1. The summed E-state index contributed by atoms with van der Waals surface area (Å²) >= 11 is 6.23. The molecule has 0 bridgehead atoms. The summed E-state index contributed by atoms with van der Waals surface area (Å²) in [6, 6.07) is 3.43. The maximum atomic E-state index is 13.0. The first-order valence-corrected chi connectivity index (χ1v) is 10.7. The Hall–Kier alpha value is -0.730. The zero-order valence-electron chi connectivity index (χ0n) is 14.4. The molecule has 6 nitrogen and oxygen atoms in total. The minimum Gasteiger partial charge on any atom is -0.486 e. The van der Waals surface area contributed by atoms with Crippen LogP contribution in [-0.2, 0) is 10.0 Å². The molecule has 1 aliphatic carbocycles. The second-order valence-electron chi connectivity index (χ2n) is 6.96. The van der Waals surface area contributed by atoms with Crippen molar-refractivity contribution in [2.24, 2.45) is 5.92 Å². The molecule has 1 aromatic rings. The standard InChI is InChI=1S/C17H23ClN2O4S.ClH/c18-14-9-15-16(24-8-7-23-15)10-17(14)25(21,22)20-5-3-13(4-6-20)19-11-12-1-2-12;/h9-10,12-13,19H,1-8,11H2;1H. The van der Waals surface area contributed by atoms with Gasteiger partial charge in [-0.15, -0.1) is 12.4 Å². The molecule has 1 aromatic carbocycles. The summed E-state index contributed by atoms with van der Waals surface area (Å²) in [5, 5.41) is 3.74. The van der Waals surface area contributed by atoms with E-state index in [0.29, 0.717) is 43.8 Å². The summed E-state index contributed by atoms with van der Waals surface area (Å²) in [5.41, 5.74) is 0. The lowest BCUT2D eigenvalue weighted by atomic mass is 10.1. The van der Waals surface area contributed by atoms with Crippen molar-refractivity contribution >= 4 is 34.0 Å². The maximum absolute atomic E-state index is 13.0. The van der Waals surface area contributed by atoms with Gasteiger partial charge in [0.25, 0.3) is 0 Å². The molecule has 3 aliphatic rings. The molecule has 0 radical (unpaired) electrons. The van der Waals surface area contributed by atoms with E-state index in [4.69, 9.17) is 21.1 Å². The van der Waals surface area contributed by atoms with Crippen LogP contribution in [0.5, 0.6) is 11.5 Å². The van der Waals surface area contributed by atoms with Crippen molar-refractivity contribution in [2.45, 2.75) is 36.6 Å². The number of piperidine rings is 1. The third-order valence-corrected chi connectivity index (χ3v) is 7.42. The van der Waals surface area contributed by atoms with Crippen LogP contribution in [0.4, 0.5) is 0 Å². The van der Waals surface area contributed by atoms with E-state index in [1.54, 1.807) is 0 Å². The summed E-state index contributed by atoms with van der Waals surface area (Å²) in [7, 11) is -3.63. The summed E-state index contributed by atoms with van der Waals surface area (Å²) in [6.45, 7) is 2.93. The molecule has 0 spiro atoms. The number of hydrogen-bond acceptors (Lipinski definition) is 5. The van der Waals surface area contributed by atoms with E-state index in [1.807, 2.05) is 0 Å². The third kappa shape index (κ3) is 4.22. The number of halogens is 2. The average molecular weight is 423 g/mol. The van der Waals surface area contributed by atoms with Crippen molar-refractivity contribution in [3.8, 4) is 11.5 Å². The number of hydrogen-bond donors (Lipinski definition) is 1. The van der Waals surface area contributed by atoms with Crippen LogP contribution in [0.1, 0.15) is 25.7 Å². The molecule has 2 fully saturated rings. The summed E-state index contributed by atoms with van der Waals surface area (Å²) < 4.78 is 38.5. The lowest BCUT2D eigenvalue weighted by Gasteiger charge is -2.32. The Morgan fingerprint density at radius 3 is 2.31 bits per heavy atom. The second kappa shape index (κ2) is 8.10. The van der Waals surface area contributed by atoms with Gasteiger partial charge in [0.2, 0.25) is 10.0 Å². The monoisotopic (exact) mass is 422 g/mol. The van der Waals surface area contributed by atoms with Gasteiger partial charge < -0.3 is 14.8 Å². The third-order valence-electron chi connectivity index (χ3n) is 5.06. The van der Waals surface area contributed by atoms with Gasteiger partial charge >= 0.3 is 0 Å². The molecule has 1 saturated carbocycles. The van der Waals surface area contributed by atoms with Gasteiger partial charge in [-0.05, 0) is 38.1 Å².